The van der Waals surface area contributed by atoms with Crippen molar-refractivity contribution in [2.75, 3.05) is 23.9 Å². The molecule has 0 spiro atoms. The van der Waals surface area contributed by atoms with Crippen LogP contribution >= 0.6 is 11.8 Å². The van der Waals surface area contributed by atoms with E-state index in [1.165, 1.54) is 25.8 Å². The SMILES string of the molecule is COC(=O)C(N)CSCC(=O)Nc1cccc(C(C)=O)c1. The molecule has 0 saturated carbocycles. The summed E-state index contributed by atoms with van der Waals surface area (Å²) in [4.78, 5) is 34.1. The zero-order chi connectivity index (χ0) is 15.8. The Bertz CT molecular complexity index is 533. The van der Waals surface area contributed by atoms with Gasteiger partial charge < -0.3 is 15.8 Å². The van der Waals surface area contributed by atoms with Gasteiger partial charge in [-0.05, 0) is 19.1 Å². The number of benzene rings is 1. The second-order valence-electron chi connectivity index (χ2n) is 4.33. The number of carbonyl (C=O) groups is 3. The summed E-state index contributed by atoms with van der Waals surface area (Å²) in [5.74, 6) is -0.331. The number of ketones is 1. The summed E-state index contributed by atoms with van der Waals surface area (Å²) in [5.41, 5.74) is 6.65. The van der Waals surface area contributed by atoms with E-state index in [0.29, 0.717) is 17.0 Å². The van der Waals surface area contributed by atoms with Gasteiger partial charge >= 0.3 is 5.97 Å². The molecule has 1 unspecified atom stereocenters. The van der Waals surface area contributed by atoms with Gasteiger partial charge in [0.05, 0.1) is 12.9 Å². The first-order valence-electron chi connectivity index (χ1n) is 6.26. The number of hydrogen-bond donors (Lipinski definition) is 2. The molecule has 0 saturated heterocycles. The van der Waals surface area contributed by atoms with Crippen molar-refractivity contribution in [3.05, 3.63) is 29.8 Å². The summed E-state index contributed by atoms with van der Waals surface area (Å²) in [7, 11) is 1.27. The molecule has 0 aliphatic heterocycles. The van der Waals surface area contributed by atoms with Gasteiger partial charge in [0, 0.05) is 17.0 Å². The lowest BCUT2D eigenvalue weighted by Gasteiger charge is -2.09. The average molecular weight is 310 g/mol. The molecule has 1 atom stereocenters. The molecule has 0 bridgehead atoms. The highest BCUT2D eigenvalue weighted by atomic mass is 32.2. The van der Waals surface area contributed by atoms with E-state index in [1.54, 1.807) is 24.3 Å². The molecule has 0 heterocycles. The Balaban J connectivity index is 2.42. The number of thioether (sulfide) groups is 1. The summed E-state index contributed by atoms with van der Waals surface area (Å²) >= 11 is 1.24. The third-order valence-electron chi connectivity index (χ3n) is 2.59. The topological polar surface area (TPSA) is 98.5 Å². The number of nitrogens with two attached hydrogens (primary N) is 1. The Morgan fingerprint density at radius 1 is 1.38 bits per heavy atom. The summed E-state index contributed by atoms with van der Waals surface area (Å²) < 4.78 is 4.49. The van der Waals surface area contributed by atoms with E-state index >= 15 is 0 Å². The molecule has 7 heteroatoms. The molecule has 1 rings (SSSR count). The zero-order valence-electron chi connectivity index (χ0n) is 11.9. The van der Waals surface area contributed by atoms with Crippen LogP contribution in [0, 0.1) is 0 Å². The minimum Gasteiger partial charge on any atom is -0.468 e. The molecule has 114 valence electrons. The van der Waals surface area contributed by atoms with Crippen molar-refractivity contribution in [2.45, 2.75) is 13.0 Å². The molecule has 0 aliphatic carbocycles. The molecule has 1 aromatic rings. The molecule has 21 heavy (non-hydrogen) atoms. The largest absolute Gasteiger partial charge is 0.468 e. The number of rotatable bonds is 7. The molecule has 0 fully saturated rings. The van der Waals surface area contributed by atoms with E-state index in [0.717, 1.165) is 0 Å². The van der Waals surface area contributed by atoms with E-state index < -0.39 is 12.0 Å². The lowest BCUT2D eigenvalue weighted by Crippen LogP contribution is -2.34. The van der Waals surface area contributed by atoms with Crippen molar-refractivity contribution >= 4 is 35.1 Å². The smallest absolute Gasteiger partial charge is 0.323 e. The number of methoxy groups -OCH3 is 1. The number of esters is 1. The van der Waals surface area contributed by atoms with Crippen LogP contribution in [0.4, 0.5) is 5.69 Å². The Morgan fingerprint density at radius 3 is 2.71 bits per heavy atom. The molecule has 0 aliphatic rings. The van der Waals surface area contributed by atoms with Crippen LogP contribution in [0.15, 0.2) is 24.3 Å². The van der Waals surface area contributed by atoms with Gasteiger partial charge in [0.15, 0.2) is 5.78 Å². The maximum Gasteiger partial charge on any atom is 0.323 e. The Kier molecular flexibility index (Phi) is 6.90. The molecule has 3 N–H and O–H groups in total. The third-order valence-corrected chi connectivity index (χ3v) is 3.65. The number of amides is 1. The van der Waals surface area contributed by atoms with Crippen LogP contribution in [0.1, 0.15) is 17.3 Å². The molecule has 0 aromatic heterocycles. The van der Waals surface area contributed by atoms with Crippen molar-refractivity contribution < 1.29 is 19.1 Å². The monoisotopic (exact) mass is 310 g/mol. The summed E-state index contributed by atoms with van der Waals surface area (Å²) in [6, 6.07) is 5.96. The fraction of sp³-hybridized carbons (Fsp3) is 0.357. The second-order valence-corrected chi connectivity index (χ2v) is 5.36. The molecular formula is C14H18N2O4S. The van der Waals surface area contributed by atoms with E-state index in [1.807, 2.05) is 0 Å². The minimum absolute atomic E-state index is 0.0653. The van der Waals surface area contributed by atoms with Crippen molar-refractivity contribution in [3.8, 4) is 0 Å². The Morgan fingerprint density at radius 2 is 2.10 bits per heavy atom. The lowest BCUT2D eigenvalue weighted by molar-refractivity contribution is -0.141. The van der Waals surface area contributed by atoms with Crippen LogP contribution in [0.3, 0.4) is 0 Å². The molecular weight excluding hydrogens is 292 g/mol. The lowest BCUT2D eigenvalue weighted by atomic mass is 10.1. The summed E-state index contributed by atoms with van der Waals surface area (Å²) in [6.07, 6.45) is 0. The van der Waals surface area contributed by atoms with Crippen molar-refractivity contribution in [2.24, 2.45) is 5.73 Å². The summed E-state index contributed by atoms with van der Waals surface area (Å²) in [6.45, 7) is 1.46. The highest BCUT2D eigenvalue weighted by Crippen LogP contribution is 2.12. The van der Waals surface area contributed by atoms with Gasteiger partial charge in [0.1, 0.15) is 6.04 Å². The van der Waals surface area contributed by atoms with Crippen LogP contribution < -0.4 is 11.1 Å². The minimum atomic E-state index is -0.742. The van der Waals surface area contributed by atoms with E-state index in [9.17, 15) is 14.4 Å². The van der Waals surface area contributed by atoms with Crippen molar-refractivity contribution in [1.29, 1.82) is 0 Å². The van der Waals surface area contributed by atoms with Crippen LogP contribution in [0.5, 0.6) is 0 Å². The zero-order valence-corrected chi connectivity index (χ0v) is 12.7. The first-order chi connectivity index (χ1) is 9.93. The predicted octanol–water partition coefficient (Wildman–Crippen LogP) is 1.06. The summed E-state index contributed by atoms with van der Waals surface area (Å²) in [5, 5.41) is 2.69. The van der Waals surface area contributed by atoms with E-state index in [-0.39, 0.29) is 17.4 Å². The van der Waals surface area contributed by atoms with Crippen molar-refractivity contribution in [1.82, 2.24) is 0 Å². The van der Waals surface area contributed by atoms with Gasteiger partial charge in [0.25, 0.3) is 0 Å². The van der Waals surface area contributed by atoms with Gasteiger partial charge in [-0.1, -0.05) is 12.1 Å². The van der Waals surface area contributed by atoms with Crippen LogP contribution in [-0.2, 0) is 14.3 Å². The first kappa shape index (κ1) is 17.2. The van der Waals surface area contributed by atoms with Crippen LogP contribution in [0.25, 0.3) is 0 Å². The third kappa shape index (κ3) is 5.97. The standard InChI is InChI=1S/C14H18N2O4S/c1-9(17)10-4-3-5-11(6-10)16-13(18)8-21-7-12(15)14(19)20-2/h3-6,12H,7-8,15H2,1-2H3,(H,16,18). The number of nitrogens with one attached hydrogen (secondary N) is 1. The Labute approximate surface area is 127 Å². The van der Waals surface area contributed by atoms with Gasteiger partial charge in [-0.3, -0.25) is 14.4 Å². The first-order valence-corrected chi connectivity index (χ1v) is 7.41. The van der Waals surface area contributed by atoms with Gasteiger partial charge in [-0.2, -0.15) is 0 Å². The quantitative estimate of drug-likeness (QED) is 0.577. The second kappa shape index (κ2) is 8.43. The normalized spacial score (nSPS) is 11.6. The van der Waals surface area contributed by atoms with Gasteiger partial charge in [-0.25, -0.2) is 0 Å². The Hall–Kier alpha value is -1.86. The van der Waals surface area contributed by atoms with Gasteiger partial charge in [0.2, 0.25) is 5.91 Å². The maximum absolute atomic E-state index is 11.7. The highest BCUT2D eigenvalue weighted by molar-refractivity contribution is 8.00. The predicted molar refractivity (Wildman–Crippen MR) is 82.4 cm³/mol. The van der Waals surface area contributed by atoms with Crippen LogP contribution in [-0.4, -0.2) is 42.3 Å². The number of hydrogen-bond acceptors (Lipinski definition) is 6. The fourth-order valence-electron chi connectivity index (χ4n) is 1.51. The number of anilines is 1. The number of Topliss-reactive ketones (excluding diaryl/α,β-unsaturated/α-hetero) is 1. The van der Waals surface area contributed by atoms with Gasteiger partial charge in [-0.15, -0.1) is 11.8 Å². The fourth-order valence-corrected chi connectivity index (χ4v) is 2.28. The average Bonchev–Trinajstić information content (AvgIpc) is 2.46. The van der Waals surface area contributed by atoms with E-state index in [2.05, 4.69) is 10.1 Å². The van der Waals surface area contributed by atoms with Crippen LogP contribution in [0.2, 0.25) is 0 Å². The maximum atomic E-state index is 11.7. The molecule has 0 radical (unpaired) electrons. The number of carbonyl (C=O) groups excluding carboxylic acids is 3. The molecule has 1 aromatic carbocycles. The van der Waals surface area contributed by atoms with E-state index in [4.69, 9.17) is 5.73 Å². The number of ether oxygens (including phenoxy) is 1. The highest BCUT2D eigenvalue weighted by Gasteiger charge is 2.14. The molecule has 1 amide bonds. The van der Waals surface area contributed by atoms with Crippen molar-refractivity contribution in [3.63, 3.8) is 0 Å². The molecule has 6 nitrogen and oxygen atoms in total.